The van der Waals surface area contributed by atoms with Crippen LogP contribution in [-0.4, -0.2) is 193 Å². The molecule has 0 aromatic rings. The van der Waals surface area contributed by atoms with Gasteiger partial charge in [-0.3, -0.25) is 4.79 Å². The number of hydrogen-bond donors (Lipinski definition) is 12. The van der Waals surface area contributed by atoms with Crippen molar-refractivity contribution in [1.29, 1.82) is 0 Å². The molecule has 82 heavy (non-hydrogen) atoms. The molecule has 3 rings (SSSR count). The van der Waals surface area contributed by atoms with E-state index in [0.717, 1.165) is 44.9 Å². The van der Waals surface area contributed by atoms with E-state index in [1.807, 2.05) is 6.08 Å². The first-order valence-corrected chi connectivity index (χ1v) is 32.2. The number of aliphatic hydroxyl groups is 11. The fourth-order valence-corrected chi connectivity index (χ4v) is 10.9. The molecule has 1 amide bonds. The second-order valence-corrected chi connectivity index (χ2v) is 23.2. The van der Waals surface area contributed by atoms with Crippen molar-refractivity contribution in [2.45, 2.75) is 330 Å². The molecule has 0 aromatic carbocycles. The van der Waals surface area contributed by atoms with Gasteiger partial charge in [-0.05, 0) is 44.9 Å². The van der Waals surface area contributed by atoms with Crippen molar-refractivity contribution in [1.82, 2.24) is 5.32 Å². The Morgan fingerprint density at radius 3 is 1.22 bits per heavy atom. The van der Waals surface area contributed by atoms with E-state index in [0.29, 0.717) is 12.8 Å². The molecule has 17 atom stereocenters. The fraction of sp³-hybridized carbons (Fsp3) is 0.889. The number of allylic oxidation sites excluding steroid dienone is 5. The van der Waals surface area contributed by atoms with Crippen LogP contribution in [0.3, 0.4) is 0 Å². The summed E-state index contributed by atoms with van der Waals surface area (Å²) in [5.41, 5.74) is 0. The van der Waals surface area contributed by atoms with Gasteiger partial charge in [0.25, 0.3) is 0 Å². The lowest BCUT2D eigenvalue weighted by atomic mass is 9.96. The average Bonchev–Trinajstić information content (AvgIpc) is 3.25. The second-order valence-electron chi connectivity index (χ2n) is 23.2. The van der Waals surface area contributed by atoms with Crippen molar-refractivity contribution < 1.29 is 89.4 Å². The molecular weight excluding hydrogens is 1060 g/mol. The molecule has 19 heteroatoms. The van der Waals surface area contributed by atoms with Gasteiger partial charge in [0.2, 0.25) is 5.91 Å². The first-order chi connectivity index (χ1) is 39.8. The van der Waals surface area contributed by atoms with Gasteiger partial charge in [0.05, 0.1) is 38.6 Å². The topological polar surface area (TPSA) is 307 Å². The Bertz CT molecular complexity index is 1640. The van der Waals surface area contributed by atoms with E-state index in [2.05, 4.69) is 43.5 Å². The average molecular weight is 1170 g/mol. The Morgan fingerprint density at radius 1 is 0.427 bits per heavy atom. The highest BCUT2D eigenvalue weighted by Crippen LogP contribution is 2.33. The molecular formula is C63H115NO18. The Kier molecular flexibility index (Phi) is 41.8. The van der Waals surface area contributed by atoms with Gasteiger partial charge in [-0.1, -0.05) is 211 Å². The van der Waals surface area contributed by atoms with Crippen LogP contribution in [-0.2, 0) is 33.2 Å². The first kappa shape index (κ1) is 74.3. The van der Waals surface area contributed by atoms with Crippen molar-refractivity contribution >= 4 is 5.91 Å². The molecule has 3 saturated heterocycles. The molecule has 0 aliphatic carbocycles. The summed E-state index contributed by atoms with van der Waals surface area (Å²) in [5.74, 6) is -0.287. The molecule has 3 heterocycles. The lowest BCUT2D eigenvalue weighted by molar-refractivity contribution is -0.379. The standard InChI is InChI=1S/C63H115NO18/c1-3-5-7-9-11-13-15-17-19-21-22-23-25-27-29-31-33-35-37-39-41-51(69)64-46(47(68)40-38-36-34-32-30-28-26-24-20-18-16-14-12-10-8-6-4-2)45-77-61-57(75)54(72)59(49(43-66)79-61)82-63-58(76)55(73)60(50(44-67)80-63)81-62-56(74)53(71)52(70)48(42-65)78-62/h20,24,30,32,38,40,46-50,52-63,65-68,70-76H,3-19,21-23,25-29,31,33-37,39,41-45H2,1-2H3,(H,64,69)/b24-20+,32-30+,40-38+. The number of unbranched alkanes of at least 4 members (excludes halogenated alkanes) is 28. The van der Waals surface area contributed by atoms with Gasteiger partial charge >= 0.3 is 0 Å². The van der Waals surface area contributed by atoms with Crippen molar-refractivity contribution in [3.63, 3.8) is 0 Å². The van der Waals surface area contributed by atoms with Crippen LogP contribution in [0.1, 0.15) is 226 Å². The minimum absolute atomic E-state index is 0.236. The molecule has 480 valence electrons. The van der Waals surface area contributed by atoms with Crippen molar-refractivity contribution in [2.24, 2.45) is 0 Å². The van der Waals surface area contributed by atoms with Crippen molar-refractivity contribution in [2.75, 3.05) is 26.4 Å². The van der Waals surface area contributed by atoms with Gasteiger partial charge < -0.3 is 89.9 Å². The number of nitrogens with one attached hydrogen (secondary N) is 1. The molecule has 19 nitrogen and oxygen atoms in total. The third kappa shape index (κ3) is 29.1. The quantitative estimate of drug-likeness (QED) is 0.0218. The predicted molar refractivity (Wildman–Crippen MR) is 314 cm³/mol. The monoisotopic (exact) mass is 1170 g/mol. The number of ether oxygens (including phenoxy) is 6. The molecule has 12 N–H and O–H groups in total. The van der Waals surface area contributed by atoms with Crippen LogP contribution in [0.25, 0.3) is 0 Å². The number of carbonyl (C=O) groups is 1. The van der Waals surface area contributed by atoms with Crippen LogP contribution in [0.2, 0.25) is 0 Å². The van der Waals surface area contributed by atoms with Crippen LogP contribution in [0.4, 0.5) is 0 Å². The number of hydrogen-bond acceptors (Lipinski definition) is 18. The van der Waals surface area contributed by atoms with Gasteiger partial charge in [0.1, 0.15) is 73.2 Å². The van der Waals surface area contributed by atoms with Gasteiger partial charge in [-0.25, -0.2) is 0 Å². The Morgan fingerprint density at radius 2 is 0.780 bits per heavy atom. The summed E-state index contributed by atoms with van der Waals surface area (Å²) in [6.07, 6.45) is 24.1. The summed E-state index contributed by atoms with van der Waals surface area (Å²) < 4.78 is 34.3. The summed E-state index contributed by atoms with van der Waals surface area (Å²) in [6.45, 7) is 1.71. The molecule has 3 aliphatic rings. The Balaban J connectivity index is 1.49. The zero-order valence-electron chi connectivity index (χ0n) is 50.2. The molecule has 0 spiro atoms. The maximum Gasteiger partial charge on any atom is 0.220 e. The van der Waals surface area contributed by atoms with Crippen LogP contribution in [0, 0.1) is 0 Å². The van der Waals surface area contributed by atoms with Gasteiger partial charge in [-0.2, -0.15) is 0 Å². The molecule has 3 aliphatic heterocycles. The molecule has 3 fully saturated rings. The summed E-state index contributed by atoms with van der Waals surface area (Å²) in [5, 5.41) is 120. The lowest BCUT2D eigenvalue weighted by Crippen LogP contribution is -2.66. The number of aliphatic hydroxyl groups excluding tert-OH is 11. The lowest BCUT2D eigenvalue weighted by Gasteiger charge is -2.48. The molecule has 0 saturated carbocycles. The summed E-state index contributed by atoms with van der Waals surface area (Å²) in [7, 11) is 0. The second kappa shape index (κ2) is 46.2. The highest BCUT2D eigenvalue weighted by molar-refractivity contribution is 5.76. The summed E-state index contributed by atoms with van der Waals surface area (Å²) >= 11 is 0. The van der Waals surface area contributed by atoms with E-state index < -0.39 is 124 Å². The van der Waals surface area contributed by atoms with Gasteiger partial charge in [-0.15, -0.1) is 0 Å². The normalized spacial score (nSPS) is 29.8. The number of amides is 1. The minimum Gasteiger partial charge on any atom is -0.394 e. The Hall–Kier alpha value is -1.99. The highest BCUT2D eigenvalue weighted by atomic mass is 16.8. The van der Waals surface area contributed by atoms with E-state index in [9.17, 15) is 61.0 Å². The maximum absolute atomic E-state index is 13.4. The molecule has 0 aromatic heterocycles. The zero-order chi connectivity index (χ0) is 59.7. The SMILES string of the molecule is CCCCCCCCC/C=C/CC/C=C/CC/C=C/C(O)C(COC1OC(CO)C(OC2OC(CO)C(OC3OC(CO)C(O)C(O)C3O)C(O)C2O)C(O)C1O)NC(=O)CCCCCCCCCCCCCCCCCCCCCC. The van der Waals surface area contributed by atoms with Crippen LogP contribution in [0.15, 0.2) is 36.5 Å². The smallest absolute Gasteiger partial charge is 0.220 e. The van der Waals surface area contributed by atoms with E-state index >= 15 is 0 Å². The number of rotatable bonds is 48. The fourth-order valence-electron chi connectivity index (χ4n) is 10.9. The number of carbonyl (C=O) groups excluding carboxylic acids is 1. The molecule has 17 unspecified atom stereocenters. The highest BCUT2D eigenvalue weighted by Gasteiger charge is 2.53. The van der Waals surface area contributed by atoms with Crippen LogP contribution < -0.4 is 5.32 Å². The van der Waals surface area contributed by atoms with Crippen LogP contribution >= 0.6 is 0 Å². The van der Waals surface area contributed by atoms with Gasteiger partial charge in [0.15, 0.2) is 18.9 Å². The van der Waals surface area contributed by atoms with Gasteiger partial charge in [0, 0.05) is 6.42 Å². The van der Waals surface area contributed by atoms with Crippen LogP contribution in [0.5, 0.6) is 0 Å². The minimum atomic E-state index is -1.98. The predicted octanol–water partition coefficient (Wildman–Crippen LogP) is 6.88. The molecule has 0 bridgehead atoms. The third-order valence-electron chi connectivity index (χ3n) is 16.2. The van der Waals surface area contributed by atoms with E-state index in [-0.39, 0.29) is 18.9 Å². The first-order valence-electron chi connectivity index (χ1n) is 32.2. The zero-order valence-corrected chi connectivity index (χ0v) is 50.2. The molecule has 0 radical (unpaired) electrons. The largest absolute Gasteiger partial charge is 0.394 e. The van der Waals surface area contributed by atoms with E-state index in [1.165, 1.54) is 148 Å². The summed E-state index contributed by atoms with van der Waals surface area (Å²) in [4.78, 5) is 13.4. The van der Waals surface area contributed by atoms with E-state index in [4.69, 9.17) is 28.4 Å². The van der Waals surface area contributed by atoms with Crippen molar-refractivity contribution in [3.8, 4) is 0 Å². The summed E-state index contributed by atoms with van der Waals surface area (Å²) in [6, 6.07) is -0.993. The van der Waals surface area contributed by atoms with E-state index in [1.54, 1.807) is 6.08 Å². The third-order valence-corrected chi connectivity index (χ3v) is 16.2. The van der Waals surface area contributed by atoms with Crippen molar-refractivity contribution in [3.05, 3.63) is 36.5 Å². The maximum atomic E-state index is 13.4. The Labute approximate surface area is 491 Å².